The number of nitrogens with one attached hydrogen (secondary N) is 1. The van der Waals surface area contributed by atoms with Gasteiger partial charge < -0.3 is 10.1 Å². The molecule has 0 saturated carbocycles. The zero-order valence-electron chi connectivity index (χ0n) is 15.7. The first kappa shape index (κ1) is 19.1. The molecule has 0 aliphatic carbocycles. The summed E-state index contributed by atoms with van der Waals surface area (Å²) in [6.07, 6.45) is -1.13. The molecule has 2 amide bonds. The number of ether oxygens (including phenoxy) is 1. The number of para-hydroxylation sites is 2. The van der Waals surface area contributed by atoms with Crippen molar-refractivity contribution in [1.82, 2.24) is 0 Å². The number of nitriles is 1. The second-order valence-electron chi connectivity index (χ2n) is 6.94. The molecule has 0 fully saturated rings. The maximum absolute atomic E-state index is 13.1. The molecule has 1 atom stereocenters. The van der Waals surface area contributed by atoms with Crippen LogP contribution in [0.15, 0.2) is 48.5 Å². The van der Waals surface area contributed by atoms with Crippen LogP contribution in [0.3, 0.4) is 0 Å². The summed E-state index contributed by atoms with van der Waals surface area (Å²) in [5, 5.41) is 11.7. The van der Waals surface area contributed by atoms with Crippen molar-refractivity contribution in [2.45, 2.75) is 32.4 Å². The molecule has 1 heterocycles. The second-order valence-corrected chi connectivity index (χ2v) is 6.94. The fourth-order valence-corrected chi connectivity index (χ4v) is 3.02. The van der Waals surface area contributed by atoms with Crippen LogP contribution >= 0.6 is 0 Å². The standard InChI is InChI=1S/C21H19N3O4/c1-13(28-19(26)15-8-6-7-14(11-15)12-22)18(25)24-17-10-5-4-9-16(17)23-20(27)21(24,2)3/h4-11,13H,1-3H3,(H,23,27)/t13-/m1/s1. The van der Waals surface area contributed by atoms with Gasteiger partial charge in [0.1, 0.15) is 5.54 Å². The van der Waals surface area contributed by atoms with Gasteiger partial charge in [0.2, 0.25) is 5.91 Å². The minimum absolute atomic E-state index is 0.176. The molecule has 0 aromatic heterocycles. The van der Waals surface area contributed by atoms with Gasteiger partial charge in [-0.25, -0.2) is 4.79 Å². The van der Waals surface area contributed by atoms with Gasteiger partial charge in [-0.05, 0) is 51.1 Å². The summed E-state index contributed by atoms with van der Waals surface area (Å²) in [5.41, 5.74) is 0.380. The molecule has 2 aromatic carbocycles. The maximum Gasteiger partial charge on any atom is 0.338 e. The molecule has 0 saturated heterocycles. The molecule has 142 valence electrons. The molecular weight excluding hydrogens is 358 g/mol. The minimum atomic E-state index is -1.16. The van der Waals surface area contributed by atoms with Crippen LogP contribution in [0.2, 0.25) is 0 Å². The second kappa shape index (κ2) is 7.16. The van der Waals surface area contributed by atoms with Crippen molar-refractivity contribution < 1.29 is 19.1 Å². The molecule has 3 rings (SSSR count). The van der Waals surface area contributed by atoms with Crippen molar-refractivity contribution in [2.75, 3.05) is 10.2 Å². The van der Waals surface area contributed by atoms with E-state index in [0.29, 0.717) is 16.9 Å². The molecule has 7 heteroatoms. The molecule has 1 aliphatic heterocycles. The predicted molar refractivity (Wildman–Crippen MR) is 103 cm³/mol. The van der Waals surface area contributed by atoms with E-state index in [4.69, 9.17) is 10.00 Å². The zero-order chi connectivity index (χ0) is 20.5. The van der Waals surface area contributed by atoms with Gasteiger partial charge in [-0.3, -0.25) is 14.5 Å². The highest BCUT2D eigenvalue weighted by Gasteiger charge is 2.45. The quantitative estimate of drug-likeness (QED) is 0.829. The van der Waals surface area contributed by atoms with Crippen molar-refractivity contribution in [3.8, 4) is 6.07 Å². The SMILES string of the molecule is C[C@@H](OC(=O)c1cccc(C#N)c1)C(=O)N1c2ccccc2NC(=O)C1(C)C. The minimum Gasteiger partial charge on any atom is -0.449 e. The number of amides is 2. The Morgan fingerprint density at radius 3 is 2.61 bits per heavy atom. The van der Waals surface area contributed by atoms with Gasteiger partial charge in [0.15, 0.2) is 6.10 Å². The monoisotopic (exact) mass is 377 g/mol. The smallest absolute Gasteiger partial charge is 0.338 e. The lowest BCUT2D eigenvalue weighted by atomic mass is 9.95. The fourth-order valence-electron chi connectivity index (χ4n) is 3.02. The van der Waals surface area contributed by atoms with Crippen LogP contribution in [0.25, 0.3) is 0 Å². The molecule has 28 heavy (non-hydrogen) atoms. The molecule has 1 N–H and O–H groups in total. The number of anilines is 2. The molecule has 0 spiro atoms. The van der Waals surface area contributed by atoms with Gasteiger partial charge in [0.25, 0.3) is 5.91 Å². The number of rotatable bonds is 3. The van der Waals surface area contributed by atoms with E-state index in [-0.39, 0.29) is 11.5 Å². The highest BCUT2D eigenvalue weighted by molar-refractivity contribution is 6.15. The fraction of sp³-hybridized carbons (Fsp3) is 0.238. The average Bonchev–Trinajstić information content (AvgIpc) is 2.68. The lowest BCUT2D eigenvalue weighted by Gasteiger charge is -2.42. The number of hydrogen-bond donors (Lipinski definition) is 1. The zero-order valence-corrected chi connectivity index (χ0v) is 15.7. The van der Waals surface area contributed by atoms with Crippen molar-refractivity contribution in [1.29, 1.82) is 5.26 Å². The van der Waals surface area contributed by atoms with E-state index in [2.05, 4.69) is 5.32 Å². The molecular formula is C21H19N3O4. The summed E-state index contributed by atoms with van der Waals surface area (Å²) in [6.45, 7) is 4.71. The molecule has 0 unspecified atom stereocenters. The molecule has 1 aliphatic rings. The summed E-state index contributed by atoms with van der Waals surface area (Å²) in [4.78, 5) is 39.4. The first-order valence-corrected chi connectivity index (χ1v) is 8.71. The number of fused-ring (bicyclic) bond motifs is 1. The largest absolute Gasteiger partial charge is 0.449 e. The Morgan fingerprint density at radius 2 is 1.89 bits per heavy atom. The molecule has 2 aromatic rings. The van der Waals surface area contributed by atoms with Crippen molar-refractivity contribution >= 4 is 29.2 Å². The number of carbonyl (C=O) groups excluding carboxylic acids is 3. The van der Waals surface area contributed by atoms with Crippen LogP contribution < -0.4 is 10.2 Å². The molecule has 0 radical (unpaired) electrons. The van der Waals surface area contributed by atoms with E-state index in [9.17, 15) is 14.4 Å². The van der Waals surface area contributed by atoms with Crippen molar-refractivity contribution in [3.63, 3.8) is 0 Å². The Bertz CT molecular complexity index is 1010. The third kappa shape index (κ3) is 3.32. The summed E-state index contributed by atoms with van der Waals surface area (Å²) >= 11 is 0. The van der Waals surface area contributed by atoms with Crippen molar-refractivity contribution in [2.24, 2.45) is 0 Å². The van der Waals surface area contributed by atoms with E-state index in [0.717, 1.165) is 0 Å². The van der Waals surface area contributed by atoms with Gasteiger partial charge in [-0.2, -0.15) is 5.26 Å². The lowest BCUT2D eigenvalue weighted by Crippen LogP contribution is -2.60. The van der Waals surface area contributed by atoms with E-state index < -0.39 is 23.5 Å². The highest BCUT2D eigenvalue weighted by Crippen LogP contribution is 2.37. The van der Waals surface area contributed by atoms with Crippen LogP contribution in [0, 0.1) is 11.3 Å². The van der Waals surface area contributed by atoms with Gasteiger partial charge in [-0.15, -0.1) is 0 Å². The van der Waals surface area contributed by atoms with Gasteiger partial charge in [-0.1, -0.05) is 18.2 Å². The number of esters is 1. The third-order valence-corrected chi connectivity index (χ3v) is 4.59. The van der Waals surface area contributed by atoms with E-state index in [1.165, 1.54) is 24.0 Å². The lowest BCUT2D eigenvalue weighted by molar-refractivity contribution is -0.131. The van der Waals surface area contributed by atoms with Crippen LogP contribution in [-0.4, -0.2) is 29.4 Å². The summed E-state index contributed by atoms with van der Waals surface area (Å²) < 4.78 is 5.32. The summed E-state index contributed by atoms with van der Waals surface area (Å²) in [5.74, 6) is -1.57. The van der Waals surface area contributed by atoms with E-state index >= 15 is 0 Å². The molecule has 7 nitrogen and oxygen atoms in total. The Kier molecular flexibility index (Phi) is 4.89. The maximum atomic E-state index is 13.1. The van der Waals surface area contributed by atoms with Crippen LogP contribution in [0.1, 0.15) is 36.7 Å². The Hall–Kier alpha value is -3.66. The Morgan fingerprint density at radius 1 is 1.18 bits per heavy atom. The number of nitrogens with zero attached hydrogens (tertiary/aromatic N) is 2. The average molecular weight is 377 g/mol. The van der Waals surface area contributed by atoms with Gasteiger partial charge >= 0.3 is 5.97 Å². The number of hydrogen-bond acceptors (Lipinski definition) is 5. The third-order valence-electron chi connectivity index (χ3n) is 4.59. The van der Waals surface area contributed by atoms with E-state index in [1.54, 1.807) is 50.2 Å². The topological polar surface area (TPSA) is 99.5 Å². The van der Waals surface area contributed by atoms with Gasteiger partial charge in [0.05, 0.1) is 28.6 Å². The molecule has 0 bridgehead atoms. The van der Waals surface area contributed by atoms with Crippen molar-refractivity contribution in [3.05, 3.63) is 59.7 Å². The number of carbonyl (C=O) groups is 3. The van der Waals surface area contributed by atoms with Crippen LogP contribution in [-0.2, 0) is 14.3 Å². The first-order chi connectivity index (χ1) is 13.3. The highest BCUT2D eigenvalue weighted by atomic mass is 16.5. The Labute approximate surface area is 162 Å². The van der Waals surface area contributed by atoms with Crippen LogP contribution in [0.5, 0.6) is 0 Å². The van der Waals surface area contributed by atoms with Crippen LogP contribution in [0.4, 0.5) is 11.4 Å². The normalized spacial score (nSPS) is 15.6. The Balaban J connectivity index is 1.87. The number of benzene rings is 2. The summed E-state index contributed by atoms with van der Waals surface area (Å²) in [7, 11) is 0. The van der Waals surface area contributed by atoms with E-state index in [1.807, 2.05) is 6.07 Å². The summed E-state index contributed by atoms with van der Waals surface area (Å²) in [6, 6.07) is 14.9. The van der Waals surface area contributed by atoms with Gasteiger partial charge in [0, 0.05) is 0 Å². The first-order valence-electron chi connectivity index (χ1n) is 8.71. The predicted octanol–water partition coefficient (Wildman–Crippen LogP) is 2.87.